The summed E-state index contributed by atoms with van der Waals surface area (Å²) in [4.78, 5) is 9.87. The lowest BCUT2D eigenvalue weighted by molar-refractivity contribution is -0.109. The van der Waals surface area contributed by atoms with Gasteiger partial charge in [0.15, 0.2) is 0 Å². The predicted molar refractivity (Wildman–Crippen MR) is 54.7 cm³/mol. The first-order chi connectivity index (χ1) is 6.06. The van der Waals surface area contributed by atoms with Crippen LogP contribution in [0.4, 0.5) is 0 Å². The molecule has 1 amide bonds. The molecule has 0 aromatic carbocycles. The number of nitrogens with one attached hydrogen (secondary N) is 3. The summed E-state index contributed by atoms with van der Waals surface area (Å²) in [5.74, 6) is 0. The van der Waals surface area contributed by atoms with Crippen molar-refractivity contribution in [1.29, 1.82) is 0 Å². The molecule has 0 aliphatic rings. The van der Waals surface area contributed by atoms with E-state index in [2.05, 4.69) is 36.7 Å². The minimum absolute atomic E-state index is 0.183. The highest BCUT2D eigenvalue weighted by molar-refractivity contribution is 5.45. The summed E-state index contributed by atoms with van der Waals surface area (Å²) in [7, 11) is 0. The minimum atomic E-state index is 0.183. The van der Waals surface area contributed by atoms with Gasteiger partial charge >= 0.3 is 0 Å². The van der Waals surface area contributed by atoms with E-state index in [4.69, 9.17) is 0 Å². The lowest BCUT2D eigenvalue weighted by Gasteiger charge is -2.20. The molecule has 0 bridgehead atoms. The molecule has 0 aromatic heterocycles. The van der Waals surface area contributed by atoms with Gasteiger partial charge in [0.1, 0.15) is 0 Å². The number of amides is 1. The van der Waals surface area contributed by atoms with E-state index in [9.17, 15) is 4.79 Å². The number of carbonyl (C=O) groups is 1. The maximum Gasteiger partial charge on any atom is 0.207 e. The van der Waals surface area contributed by atoms with Gasteiger partial charge in [0.2, 0.25) is 6.41 Å². The summed E-state index contributed by atoms with van der Waals surface area (Å²) in [6.45, 7) is 9.81. The second-order valence-corrected chi connectivity index (χ2v) is 4.00. The molecule has 0 rings (SSSR count). The van der Waals surface area contributed by atoms with Crippen LogP contribution in [-0.2, 0) is 4.79 Å². The zero-order valence-corrected chi connectivity index (χ0v) is 8.81. The molecule has 4 nitrogen and oxygen atoms in total. The molecule has 0 aliphatic carbocycles. The molecule has 0 heterocycles. The van der Waals surface area contributed by atoms with E-state index in [1.165, 1.54) is 0 Å². The minimum Gasteiger partial charge on any atom is -0.357 e. The quantitative estimate of drug-likeness (QED) is 0.379. The molecular weight excluding hydrogens is 166 g/mol. The van der Waals surface area contributed by atoms with Gasteiger partial charge in [-0.15, -0.1) is 0 Å². The molecule has 0 fully saturated rings. The van der Waals surface area contributed by atoms with Crippen molar-refractivity contribution in [1.82, 2.24) is 16.0 Å². The molecule has 0 aliphatic heterocycles. The van der Waals surface area contributed by atoms with Crippen LogP contribution in [0.25, 0.3) is 0 Å². The van der Waals surface area contributed by atoms with Gasteiger partial charge in [-0.1, -0.05) is 0 Å². The maximum absolute atomic E-state index is 9.87. The summed E-state index contributed by atoms with van der Waals surface area (Å²) in [5, 5.41) is 9.16. The summed E-state index contributed by atoms with van der Waals surface area (Å²) >= 11 is 0. The first kappa shape index (κ1) is 12.4. The van der Waals surface area contributed by atoms with Gasteiger partial charge in [-0.3, -0.25) is 4.79 Å². The van der Waals surface area contributed by atoms with Crippen LogP contribution in [0.5, 0.6) is 0 Å². The highest BCUT2D eigenvalue weighted by atomic mass is 16.1. The third kappa shape index (κ3) is 11.4. The molecule has 4 heteroatoms. The zero-order valence-electron chi connectivity index (χ0n) is 8.81. The van der Waals surface area contributed by atoms with Crippen LogP contribution < -0.4 is 16.0 Å². The molecule has 3 N–H and O–H groups in total. The Labute approximate surface area is 80.5 Å². The Bertz CT molecular complexity index is 131. The topological polar surface area (TPSA) is 53.2 Å². The Balaban J connectivity index is 3.04. The molecular formula is C9H21N3O. The van der Waals surface area contributed by atoms with E-state index in [1.807, 2.05) is 0 Å². The lowest BCUT2D eigenvalue weighted by atomic mass is 10.1. The van der Waals surface area contributed by atoms with Crippen molar-refractivity contribution < 1.29 is 4.79 Å². The second kappa shape index (κ2) is 6.86. The Morgan fingerprint density at radius 2 is 1.69 bits per heavy atom. The van der Waals surface area contributed by atoms with Crippen LogP contribution in [0.1, 0.15) is 20.8 Å². The number of hydrogen-bond acceptors (Lipinski definition) is 3. The third-order valence-electron chi connectivity index (χ3n) is 1.49. The first-order valence-corrected chi connectivity index (χ1v) is 4.69. The van der Waals surface area contributed by atoms with E-state index in [1.54, 1.807) is 0 Å². The largest absolute Gasteiger partial charge is 0.357 e. The molecule has 0 spiro atoms. The van der Waals surface area contributed by atoms with Gasteiger partial charge in [0, 0.05) is 31.7 Å². The summed E-state index contributed by atoms with van der Waals surface area (Å²) in [6, 6.07) is 0. The van der Waals surface area contributed by atoms with Gasteiger partial charge in [0.05, 0.1) is 0 Å². The van der Waals surface area contributed by atoms with Gasteiger partial charge in [-0.25, -0.2) is 0 Å². The molecule has 0 saturated carbocycles. The van der Waals surface area contributed by atoms with E-state index in [-0.39, 0.29) is 5.54 Å². The van der Waals surface area contributed by atoms with E-state index in [0.717, 1.165) is 26.0 Å². The Hall–Kier alpha value is -0.610. The van der Waals surface area contributed by atoms with E-state index >= 15 is 0 Å². The molecule has 0 unspecified atom stereocenters. The van der Waals surface area contributed by atoms with Crippen molar-refractivity contribution in [3.8, 4) is 0 Å². The normalized spacial score (nSPS) is 11.3. The summed E-state index contributed by atoms with van der Waals surface area (Å²) < 4.78 is 0. The molecule has 0 atom stereocenters. The second-order valence-electron chi connectivity index (χ2n) is 4.00. The molecule has 13 heavy (non-hydrogen) atoms. The fourth-order valence-electron chi connectivity index (χ4n) is 0.870. The Kier molecular flexibility index (Phi) is 6.54. The Morgan fingerprint density at radius 1 is 1.08 bits per heavy atom. The molecule has 78 valence electrons. The van der Waals surface area contributed by atoms with Gasteiger partial charge in [-0.05, 0) is 20.8 Å². The molecule has 0 aromatic rings. The fourth-order valence-corrected chi connectivity index (χ4v) is 0.870. The van der Waals surface area contributed by atoms with Crippen LogP contribution >= 0.6 is 0 Å². The van der Waals surface area contributed by atoms with E-state index in [0.29, 0.717) is 6.54 Å². The summed E-state index contributed by atoms with van der Waals surface area (Å²) in [6.07, 6.45) is 0.717. The Morgan fingerprint density at radius 3 is 2.23 bits per heavy atom. The van der Waals surface area contributed by atoms with Gasteiger partial charge < -0.3 is 16.0 Å². The van der Waals surface area contributed by atoms with Gasteiger partial charge in [-0.2, -0.15) is 0 Å². The van der Waals surface area contributed by atoms with Crippen LogP contribution in [0.15, 0.2) is 0 Å². The van der Waals surface area contributed by atoms with Gasteiger partial charge in [0.25, 0.3) is 0 Å². The highest BCUT2D eigenvalue weighted by Gasteiger charge is 2.06. The third-order valence-corrected chi connectivity index (χ3v) is 1.49. The van der Waals surface area contributed by atoms with Crippen LogP contribution in [0.3, 0.4) is 0 Å². The van der Waals surface area contributed by atoms with Crippen LogP contribution in [0.2, 0.25) is 0 Å². The summed E-state index contributed by atoms with van der Waals surface area (Å²) in [5.41, 5.74) is 0.183. The van der Waals surface area contributed by atoms with Crippen LogP contribution in [0, 0.1) is 0 Å². The van der Waals surface area contributed by atoms with E-state index < -0.39 is 0 Å². The SMILES string of the molecule is CC(C)(C)NCCNCCNC=O. The number of rotatable bonds is 7. The van der Waals surface area contributed by atoms with Crippen molar-refractivity contribution in [3.63, 3.8) is 0 Å². The first-order valence-electron chi connectivity index (χ1n) is 4.69. The van der Waals surface area contributed by atoms with Crippen molar-refractivity contribution in [2.24, 2.45) is 0 Å². The number of carbonyl (C=O) groups excluding carboxylic acids is 1. The highest BCUT2D eigenvalue weighted by Crippen LogP contribution is 1.95. The average Bonchev–Trinajstić information content (AvgIpc) is 2.01. The standard InChI is InChI=1S/C9H21N3O/c1-9(2,3)12-7-6-10-4-5-11-8-13/h8,10,12H,4-7H2,1-3H3,(H,11,13). The van der Waals surface area contributed by atoms with Crippen molar-refractivity contribution in [3.05, 3.63) is 0 Å². The molecule has 0 saturated heterocycles. The van der Waals surface area contributed by atoms with Crippen molar-refractivity contribution in [2.75, 3.05) is 26.2 Å². The predicted octanol–water partition coefficient (Wildman–Crippen LogP) is -0.290. The lowest BCUT2D eigenvalue weighted by Crippen LogP contribution is -2.41. The van der Waals surface area contributed by atoms with Crippen molar-refractivity contribution in [2.45, 2.75) is 26.3 Å². The smallest absolute Gasteiger partial charge is 0.207 e. The maximum atomic E-state index is 9.87. The average molecular weight is 187 g/mol. The monoisotopic (exact) mass is 187 g/mol. The zero-order chi connectivity index (χ0) is 10.2. The fraction of sp³-hybridized carbons (Fsp3) is 0.889. The van der Waals surface area contributed by atoms with Crippen LogP contribution in [-0.4, -0.2) is 38.1 Å². The molecule has 0 radical (unpaired) electrons. The number of hydrogen-bond donors (Lipinski definition) is 3. The van der Waals surface area contributed by atoms with Crippen molar-refractivity contribution >= 4 is 6.41 Å².